The fourth-order valence-electron chi connectivity index (χ4n) is 6.27. The van der Waals surface area contributed by atoms with Crippen molar-refractivity contribution in [2.45, 2.75) is 68.9 Å². The molecule has 9 heteroatoms. The fourth-order valence-corrected chi connectivity index (χ4v) is 8.69. The molecule has 0 aromatic heterocycles. The van der Waals surface area contributed by atoms with E-state index in [2.05, 4.69) is 24.5 Å². The summed E-state index contributed by atoms with van der Waals surface area (Å²) in [6.45, 7) is 7.72. The van der Waals surface area contributed by atoms with Crippen LogP contribution >= 0.6 is 11.8 Å². The molecule has 0 aliphatic carbocycles. The minimum Gasteiger partial charge on any atom is -0.494 e. The van der Waals surface area contributed by atoms with E-state index < -0.39 is 22.6 Å². The van der Waals surface area contributed by atoms with Crippen LogP contribution in [0, 0.1) is 17.8 Å². The Bertz CT molecular complexity index is 957. The standard InChI is InChI=1S/C27H39N3O5S/c1-4-6-13-28-25(33)23-27-17(3)16-20(36-27)21(22(27)26(34)30(23)14-7-8-15-31)24(32)29-18-9-11-19(12-10-18)35-5-2/h9-12,17,20-23,31H,4-8,13-16H2,1-3H3,(H,28,33)(H,29,32)/t17?,20-,21+,22-,23?,27?/m0/s1. The molecule has 3 unspecified atom stereocenters. The normalized spacial score (nSPS) is 30.4. The first kappa shape index (κ1) is 26.8. The molecule has 3 aliphatic rings. The molecular formula is C27H39N3O5S. The minimum atomic E-state index is -0.613. The first-order chi connectivity index (χ1) is 17.4. The number of thioether (sulfide) groups is 1. The van der Waals surface area contributed by atoms with Crippen molar-refractivity contribution < 1.29 is 24.2 Å². The van der Waals surface area contributed by atoms with E-state index in [-0.39, 0.29) is 35.5 Å². The van der Waals surface area contributed by atoms with E-state index in [0.717, 1.165) is 25.0 Å². The second kappa shape index (κ2) is 11.4. The van der Waals surface area contributed by atoms with Crippen molar-refractivity contribution >= 4 is 35.2 Å². The van der Waals surface area contributed by atoms with E-state index in [9.17, 15) is 19.5 Å². The van der Waals surface area contributed by atoms with Crippen LogP contribution in [0.3, 0.4) is 0 Å². The van der Waals surface area contributed by atoms with E-state index in [1.807, 2.05) is 31.2 Å². The van der Waals surface area contributed by atoms with Gasteiger partial charge in [-0.2, -0.15) is 0 Å². The molecule has 6 atom stereocenters. The number of aliphatic hydroxyl groups excluding tert-OH is 1. The predicted molar refractivity (Wildman–Crippen MR) is 141 cm³/mol. The van der Waals surface area contributed by atoms with Crippen molar-refractivity contribution in [3.05, 3.63) is 24.3 Å². The maximum atomic E-state index is 13.9. The summed E-state index contributed by atoms with van der Waals surface area (Å²) in [7, 11) is 0. The topological polar surface area (TPSA) is 108 Å². The Labute approximate surface area is 217 Å². The highest BCUT2D eigenvalue weighted by Gasteiger charge is 2.75. The first-order valence-electron chi connectivity index (χ1n) is 13.3. The number of anilines is 1. The van der Waals surface area contributed by atoms with Crippen LogP contribution < -0.4 is 15.4 Å². The highest BCUT2D eigenvalue weighted by Crippen LogP contribution is 2.68. The van der Waals surface area contributed by atoms with Crippen molar-refractivity contribution in [2.24, 2.45) is 17.8 Å². The molecule has 3 N–H and O–H groups in total. The Kier molecular flexibility index (Phi) is 8.50. The zero-order valence-corrected chi connectivity index (χ0v) is 22.3. The van der Waals surface area contributed by atoms with E-state index in [1.54, 1.807) is 16.7 Å². The lowest BCUT2D eigenvalue weighted by atomic mass is 9.66. The van der Waals surface area contributed by atoms with Gasteiger partial charge in [0.2, 0.25) is 17.7 Å². The number of amides is 3. The summed E-state index contributed by atoms with van der Waals surface area (Å²) in [4.78, 5) is 42.8. The molecule has 198 valence electrons. The molecule has 3 saturated heterocycles. The van der Waals surface area contributed by atoms with E-state index in [4.69, 9.17) is 4.74 Å². The average molecular weight is 518 g/mol. The van der Waals surface area contributed by atoms with E-state index in [1.165, 1.54) is 0 Å². The number of hydrogen-bond acceptors (Lipinski definition) is 6. The number of nitrogens with zero attached hydrogens (tertiary/aromatic N) is 1. The lowest BCUT2D eigenvalue weighted by Crippen LogP contribution is -2.56. The van der Waals surface area contributed by atoms with Crippen LogP contribution in [0.5, 0.6) is 5.75 Å². The highest BCUT2D eigenvalue weighted by atomic mass is 32.2. The zero-order chi connectivity index (χ0) is 25.9. The molecule has 3 aliphatic heterocycles. The number of nitrogens with one attached hydrogen (secondary N) is 2. The third-order valence-electron chi connectivity index (χ3n) is 7.87. The van der Waals surface area contributed by atoms with Gasteiger partial charge in [-0.05, 0) is 62.8 Å². The van der Waals surface area contributed by atoms with Crippen LogP contribution in [0.4, 0.5) is 5.69 Å². The molecule has 1 aromatic rings. The number of carbonyl (C=O) groups excluding carboxylic acids is 3. The van der Waals surface area contributed by atoms with Crippen LogP contribution in [-0.2, 0) is 14.4 Å². The van der Waals surface area contributed by atoms with Gasteiger partial charge >= 0.3 is 0 Å². The number of hydrogen-bond donors (Lipinski definition) is 3. The Morgan fingerprint density at radius 2 is 1.92 bits per heavy atom. The fraction of sp³-hybridized carbons (Fsp3) is 0.667. The first-order valence-corrected chi connectivity index (χ1v) is 14.2. The molecular weight excluding hydrogens is 478 g/mol. The predicted octanol–water partition coefficient (Wildman–Crippen LogP) is 3.05. The summed E-state index contributed by atoms with van der Waals surface area (Å²) in [5.74, 6) is -0.519. The Hall–Kier alpha value is -2.26. The minimum absolute atomic E-state index is 0.00202. The number of unbranched alkanes of at least 4 members (excludes halogenated alkanes) is 2. The van der Waals surface area contributed by atoms with Gasteiger partial charge in [-0.1, -0.05) is 20.3 Å². The van der Waals surface area contributed by atoms with Gasteiger partial charge in [-0.25, -0.2) is 0 Å². The van der Waals surface area contributed by atoms with Crippen molar-refractivity contribution in [1.82, 2.24) is 10.2 Å². The summed E-state index contributed by atoms with van der Waals surface area (Å²) in [6, 6.07) is 6.66. The maximum absolute atomic E-state index is 13.9. The van der Waals surface area contributed by atoms with Crippen molar-refractivity contribution in [2.75, 3.05) is 31.6 Å². The van der Waals surface area contributed by atoms with Gasteiger partial charge in [0.15, 0.2) is 0 Å². The van der Waals surface area contributed by atoms with Gasteiger partial charge in [0.25, 0.3) is 0 Å². The molecule has 36 heavy (non-hydrogen) atoms. The summed E-state index contributed by atoms with van der Waals surface area (Å²) in [5, 5.41) is 15.4. The molecule has 3 heterocycles. The number of rotatable bonds is 12. The smallest absolute Gasteiger partial charge is 0.244 e. The Morgan fingerprint density at radius 1 is 1.17 bits per heavy atom. The van der Waals surface area contributed by atoms with Gasteiger partial charge in [0.05, 0.1) is 23.2 Å². The molecule has 1 aromatic carbocycles. The number of fused-ring (bicyclic) bond motifs is 1. The zero-order valence-electron chi connectivity index (χ0n) is 21.5. The second-order valence-corrected chi connectivity index (χ2v) is 11.7. The quantitative estimate of drug-likeness (QED) is 0.368. The van der Waals surface area contributed by atoms with Gasteiger partial charge in [-0.15, -0.1) is 11.8 Å². The average Bonchev–Trinajstić information content (AvgIpc) is 3.44. The van der Waals surface area contributed by atoms with Crippen LogP contribution in [0.1, 0.15) is 52.9 Å². The van der Waals surface area contributed by atoms with Gasteiger partial charge < -0.3 is 25.4 Å². The summed E-state index contributed by atoms with van der Waals surface area (Å²) in [6.07, 6.45) is 3.84. The number of carbonyl (C=O) groups is 3. The highest BCUT2D eigenvalue weighted by molar-refractivity contribution is 8.02. The summed E-state index contributed by atoms with van der Waals surface area (Å²) in [5.41, 5.74) is 0.664. The van der Waals surface area contributed by atoms with Crippen LogP contribution in [0.2, 0.25) is 0 Å². The van der Waals surface area contributed by atoms with E-state index in [0.29, 0.717) is 38.2 Å². The number of benzene rings is 1. The van der Waals surface area contributed by atoms with Gasteiger partial charge in [-0.3, -0.25) is 14.4 Å². The van der Waals surface area contributed by atoms with Crippen LogP contribution in [0.15, 0.2) is 24.3 Å². The number of aliphatic hydroxyl groups is 1. The lowest BCUT2D eigenvalue weighted by molar-refractivity contribution is -0.139. The van der Waals surface area contributed by atoms with Crippen molar-refractivity contribution in [3.63, 3.8) is 0 Å². The Morgan fingerprint density at radius 3 is 2.58 bits per heavy atom. The molecule has 8 nitrogen and oxygen atoms in total. The van der Waals surface area contributed by atoms with Gasteiger partial charge in [0.1, 0.15) is 11.8 Å². The Balaban J connectivity index is 1.60. The van der Waals surface area contributed by atoms with Crippen molar-refractivity contribution in [3.8, 4) is 5.75 Å². The molecule has 3 fully saturated rings. The molecule has 1 spiro atoms. The SMILES string of the molecule is CCCCNC(=O)C1N(CCCCO)C(=O)[C@@H]2[C@H](C(=O)Nc3ccc(OCC)cc3)[C@@H]3CC(C)C12S3. The van der Waals surface area contributed by atoms with E-state index >= 15 is 0 Å². The third-order valence-corrected chi connectivity index (χ3v) is 9.94. The second-order valence-electron chi connectivity index (χ2n) is 10.1. The number of likely N-dealkylation sites (tertiary alicyclic amines) is 1. The van der Waals surface area contributed by atoms with Crippen molar-refractivity contribution in [1.29, 1.82) is 0 Å². The van der Waals surface area contributed by atoms with Gasteiger partial charge in [0, 0.05) is 30.6 Å². The molecule has 4 rings (SSSR count). The maximum Gasteiger partial charge on any atom is 0.244 e. The third kappa shape index (κ3) is 4.72. The van der Waals surface area contributed by atoms with Crippen LogP contribution in [-0.4, -0.2) is 70.1 Å². The summed E-state index contributed by atoms with van der Waals surface area (Å²) >= 11 is 1.68. The molecule has 0 saturated carbocycles. The van der Waals surface area contributed by atoms with Crippen LogP contribution in [0.25, 0.3) is 0 Å². The monoisotopic (exact) mass is 517 g/mol. The lowest BCUT2D eigenvalue weighted by Gasteiger charge is -2.38. The molecule has 0 radical (unpaired) electrons. The molecule has 2 bridgehead atoms. The number of ether oxygens (including phenoxy) is 1. The summed E-state index contributed by atoms with van der Waals surface area (Å²) < 4.78 is 4.88. The largest absolute Gasteiger partial charge is 0.494 e. The molecule has 3 amide bonds.